The average Bonchev–Trinajstić information content (AvgIpc) is 2.12. The van der Waals surface area contributed by atoms with Crippen LogP contribution in [0.1, 0.15) is 5.56 Å². The third-order valence-electron chi connectivity index (χ3n) is 1.88. The van der Waals surface area contributed by atoms with Crippen LogP contribution in [0.3, 0.4) is 0 Å². The molecule has 0 spiro atoms. The monoisotopic (exact) mass is 282 g/mol. The third kappa shape index (κ3) is 3.11. The number of rotatable bonds is 4. The second kappa shape index (κ2) is 4.82. The normalized spacial score (nSPS) is 11.6. The van der Waals surface area contributed by atoms with E-state index in [0.29, 0.717) is 0 Å². The van der Waals surface area contributed by atoms with E-state index in [-0.39, 0.29) is 5.56 Å². The van der Waals surface area contributed by atoms with Gasteiger partial charge in [0, 0.05) is 6.07 Å². The summed E-state index contributed by atoms with van der Waals surface area (Å²) in [6, 6.07) is 1.83. The molecule has 0 fully saturated rings. The van der Waals surface area contributed by atoms with Crippen molar-refractivity contribution in [2.45, 2.75) is 18.4 Å². The van der Waals surface area contributed by atoms with E-state index in [9.17, 15) is 27.3 Å². The van der Waals surface area contributed by atoms with Gasteiger partial charge in [0.2, 0.25) is 14.9 Å². The molecule has 7 nitrogen and oxygen atoms in total. The van der Waals surface area contributed by atoms with E-state index >= 15 is 0 Å². The van der Waals surface area contributed by atoms with Crippen molar-refractivity contribution in [2.24, 2.45) is 5.14 Å². The highest BCUT2D eigenvalue weighted by molar-refractivity contribution is 7.89. The fraction of sp³-hybridized carbons (Fsp3) is 0.250. The minimum absolute atomic E-state index is 0.185. The summed E-state index contributed by atoms with van der Waals surface area (Å²) in [5.41, 5.74) is -0.724. The largest absolute Gasteiger partial charge is 0.433 e. The first kappa shape index (κ1) is 14.3. The Kier molecular flexibility index (Phi) is 3.82. The molecule has 2 N–H and O–H groups in total. The van der Waals surface area contributed by atoms with Gasteiger partial charge in [-0.05, 0) is 18.6 Å². The predicted octanol–water partition coefficient (Wildman–Crippen LogP) is 1.15. The quantitative estimate of drug-likeness (QED) is 0.657. The lowest BCUT2D eigenvalue weighted by molar-refractivity contribution is -0.388. The Morgan fingerprint density at radius 2 is 2.00 bits per heavy atom. The van der Waals surface area contributed by atoms with Gasteiger partial charge in [0.1, 0.15) is 0 Å². The number of nitrogens with zero attached hydrogens (tertiary/aromatic N) is 1. The Morgan fingerprint density at radius 1 is 1.44 bits per heavy atom. The zero-order chi connectivity index (χ0) is 14.1. The number of hydrogen-bond donors (Lipinski definition) is 1. The summed E-state index contributed by atoms with van der Waals surface area (Å²) in [5.74, 6) is -0.848. The molecule has 0 saturated carbocycles. The van der Waals surface area contributed by atoms with E-state index in [1.54, 1.807) is 0 Å². The standard InChI is InChI=1S/C8H8F2N2O5S/c1-4-2-5(12(13)14)7(18(11,15)16)6(3-4)17-8(9)10/h2-3,8H,1H3,(H2,11,15,16). The molecule has 0 aliphatic rings. The topological polar surface area (TPSA) is 113 Å². The Morgan fingerprint density at radius 3 is 2.39 bits per heavy atom. The van der Waals surface area contributed by atoms with E-state index < -0.39 is 37.9 Å². The van der Waals surface area contributed by atoms with Gasteiger partial charge in [0.25, 0.3) is 5.69 Å². The summed E-state index contributed by atoms with van der Waals surface area (Å²) >= 11 is 0. The molecule has 0 amide bonds. The van der Waals surface area contributed by atoms with E-state index in [1.165, 1.54) is 6.92 Å². The Bertz CT molecular complexity index is 587. The molecular weight excluding hydrogens is 274 g/mol. The van der Waals surface area contributed by atoms with Crippen molar-refractivity contribution in [3.63, 3.8) is 0 Å². The first-order chi connectivity index (χ1) is 8.12. The molecule has 1 aromatic rings. The van der Waals surface area contributed by atoms with E-state index in [4.69, 9.17) is 5.14 Å². The van der Waals surface area contributed by atoms with Gasteiger partial charge >= 0.3 is 6.61 Å². The van der Waals surface area contributed by atoms with Crippen LogP contribution in [0.4, 0.5) is 14.5 Å². The molecular formula is C8H8F2N2O5S. The van der Waals surface area contributed by atoms with Crippen LogP contribution in [0.5, 0.6) is 5.75 Å². The molecule has 0 aliphatic heterocycles. The van der Waals surface area contributed by atoms with Crippen molar-refractivity contribution < 1.29 is 26.9 Å². The SMILES string of the molecule is Cc1cc(OC(F)F)c(S(N)(=O)=O)c([N+](=O)[O-])c1. The molecule has 1 rings (SSSR count). The van der Waals surface area contributed by atoms with Gasteiger partial charge in [-0.1, -0.05) is 0 Å². The second-order valence-corrected chi connectivity index (χ2v) is 4.79. The molecule has 0 atom stereocenters. The molecule has 0 heterocycles. The molecule has 0 saturated heterocycles. The number of benzene rings is 1. The number of halogens is 2. The number of nitro groups is 1. The molecule has 0 aromatic heterocycles. The van der Waals surface area contributed by atoms with Crippen LogP contribution < -0.4 is 9.88 Å². The smallest absolute Gasteiger partial charge is 0.387 e. The second-order valence-electron chi connectivity index (χ2n) is 3.29. The highest BCUT2D eigenvalue weighted by Gasteiger charge is 2.29. The summed E-state index contributed by atoms with van der Waals surface area (Å²) in [4.78, 5) is 8.59. The summed E-state index contributed by atoms with van der Waals surface area (Å²) in [7, 11) is -4.57. The van der Waals surface area contributed by atoms with E-state index in [0.717, 1.165) is 12.1 Å². The number of hydrogen-bond acceptors (Lipinski definition) is 5. The minimum Gasteiger partial charge on any atom is -0.433 e. The van der Waals surface area contributed by atoms with Crippen molar-refractivity contribution in [2.75, 3.05) is 0 Å². The minimum atomic E-state index is -4.57. The van der Waals surface area contributed by atoms with Crippen LogP contribution in [0, 0.1) is 17.0 Å². The molecule has 0 bridgehead atoms. The summed E-state index contributed by atoms with van der Waals surface area (Å²) in [5, 5.41) is 15.5. The molecule has 18 heavy (non-hydrogen) atoms. The fourth-order valence-corrected chi connectivity index (χ4v) is 2.14. The molecule has 0 radical (unpaired) electrons. The van der Waals surface area contributed by atoms with Gasteiger partial charge < -0.3 is 4.74 Å². The van der Waals surface area contributed by atoms with Crippen LogP contribution in [-0.4, -0.2) is 20.0 Å². The fourth-order valence-electron chi connectivity index (χ4n) is 1.33. The number of ether oxygens (including phenoxy) is 1. The zero-order valence-corrected chi connectivity index (χ0v) is 9.78. The van der Waals surface area contributed by atoms with E-state index in [1.807, 2.05) is 0 Å². The Balaban J connectivity index is 3.64. The van der Waals surface area contributed by atoms with Gasteiger partial charge in [0.05, 0.1) is 4.92 Å². The summed E-state index contributed by atoms with van der Waals surface area (Å²) in [6.45, 7) is -1.97. The van der Waals surface area contributed by atoms with Gasteiger partial charge in [-0.2, -0.15) is 8.78 Å². The van der Waals surface area contributed by atoms with Gasteiger partial charge in [0.15, 0.2) is 5.75 Å². The van der Waals surface area contributed by atoms with Crippen molar-refractivity contribution in [1.82, 2.24) is 0 Å². The highest BCUT2D eigenvalue weighted by atomic mass is 32.2. The highest BCUT2D eigenvalue weighted by Crippen LogP contribution is 2.34. The number of primary sulfonamides is 1. The van der Waals surface area contributed by atoms with Crippen molar-refractivity contribution in [3.8, 4) is 5.75 Å². The van der Waals surface area contributed by atoms with Crippen LogP contribution in [-0.2, 0) is 10.0 Å². The third-order valence-corrected chi connectivity index (χ3v) is 2.86. The Hall–Kier alpha value is -1.81. The van der Waals surface area contributed by atoms with Crippen molar-refractivity contribution in [1.29, 1.82) is 0 Å². The maximum absolute atomic E-state index is 12.1. The molecule has 100 valence electrons. The number of alkyl halides is 2. The first-order valence-electron chi connectivity index (χ1n) is 4.39. The maximum Gasteiger partial charge on any atom is 0.387 e. The zero-order valence-electron chi connectivity index (χ0n) is 8.96. The molecule has 1 aromatic carbocycles. The van der Waals surface area contributed by atoms with Crippen LogP contribution in [0.25, 0.3) is 0 Å². The lowest BCUT2D eigenvalue weighted by Gasteiger charge is -2.10. The van der Waals surface area contributed by atoms with Crippen molar-refractivity contribution >= 4 is 15.7 Å². The van der Waals surface area contributed by atoms with Crippen LogP contribution >= 0.6 is 0 Å². The van der Waals surface area contributed by atoms with Crippen LogP contribution in [0.2, 0.25) is 0 Å². The van der Waals surface area contributed by atoms with Crippen molar-refractivity contribution in [3.05, 3.63) is 27.8 Å². The number of nitro benzene ring substituents is 1. The van der Waals surface area contributed by atoms with Gasteiger partial charge in [-0.25, -0.2) is 13.6 Å². The van der Waals surface area contributed by atoms with Gasteiger partial charge in [-0.3, -0.25) is 10.1 Å². The van der Waals surface area contributed by atoms with Crippen LogP contribution in [0.15, 0.2) is 17.0 Å². The van der Waals surface area contributed by atoms with E-state index in [2.05, 4.69) is 4.74 Å². The summed E-state index contributed by atoms with van der Waals surface area (Å²) in [6.07, 6.45) is 0. The average molecular weight is 282 g/mol. The van der Waals surface area contributed by atoms with Gasteiger partial charge in [-0.15, -0.1) is 0 Å². The molecule has 0 aliphatic carbocycles. The maximum atomic E-state index is 12.1. The predicted molar refractivity (Wildman–Crippen MR) is 55.8 cm³/mol. The lowest BCUT2D eigenvalue weighted by Crippen LogP contribution is -2.17. The number of aryl methyl sites for hydroxylation is 1. The first-order valence-corrected chi connectivity index (χ1v) is 5.94. The Labute approximate surface area is 100 Å². The molecule has 10 heteroatoms. The number of sulfonamides is 1. The number of nitrogens with two attached hydrogens (primary N) is 1. The molecule has 0 unspecified atom stereocenters. The lowest BCUT2D eigenvalue weighted by atomic mass is 10.2. The summed E-state index contributed by atoms with van der Waals surface area (Å²) < 4.78 is 50.6.